The van der Waals surface area contributed by atoms with Crippen molar-refractivity contribution in [3.05, 3.63) is 29.8 Å². The van der Waals surface area contributed by atoms with E-state index in [0.717, 1.165) is 56.2 Å². The molecule has 1 aromatic rings. The van der Waals surface area contributed by atoms with Crippen molar-refractivity contribution in [2.75, 3.05) is 4.90 Å². The van der Waals surface area contributed by atoms with Gasteiger partial charge in [0.1, 0.15) is 11.6 Å². The maximum Gasteiger partial charge on any atom is 0.250 e. The molecule has 1 aromatic carbocycles. The van der Waals surface area contributed by atoms with Crippen LogP contribution in [0.4, 0.5) is 5.69 Å². The molecule has 0 radical (unpaired) electrons. The third kappa shape index (κ3) is 4.09. The van der Waals surface area contributed by atoms with E-state index in [2.05, 4.69) is 10.6 Å². The van der Waals surface area contributed by atoms with Gasteiger partial charge in [-0.2, -0.15) is 0 Å². The first kappa shape index (κ1) is 20.9. The topological polar surface area (TPSA) is 78.5 Å². The molecule has 3 amide bonds. The second-order valence-corrected chi connectivity index (χ2v) is 9.22. The zero-order valence-electron chi connectivity index (χ0n) is 17.9. The van der Waals surface area contributed by atoms with Gasteiger partial charge in [0.15, 0.2) is 0 Å². The average Bonchev–Trinajstić information content (AvgIpc) is 3.42. The quantitative estimate of drug-likeness (QED) is 0.780. The summed E-state index contributed by atoms with van der Waals surface area (Å²) >= 11 is 0. The van der Waals surface area contributed by atoms with Crippen molar-refractivity contribution in [1.29, 1.82) is 0 Å². The molecular weight excluding hydrogens is 378 g/mol. The lowest BCUT2D eigenvalue weighted by molar-refractivity contribution is -0.133. The summed E-state index contributed by atoms with van der Waals surface area (Å²) in [5, 5.41) is 6.11. The molecule has 1 saturated heterocycles. The molecule has 1 atom stereocenters. The van der Waals surface area contributed by atoms with E-state index >= 15 is 0 Å². The smallest absolute Gasteiger partial charge is 0.250 e. The summed E-state index contributed by atoms with van der Waals surface area (Å²) < 4.78 is 0. The maximum atomic E-state index is 13.8. The van der Waals surface area contributed by atoms with Gasteiger partial charge >= 0.3 is 0 Å². The number of carbonyl (C=O) groups excluding carboxylic acids is 3. The molecule has 0 unspecified atom stereocenters. The van der Waals surface area contributed by atoms with Crippen LogP contribution in [0.5, 0.6) is 0 Å². The molecule has 30 heavy (non-hydrogen) atoms. The van der Waals surface area contributed by atoms with Gasteiger partial charge in [-0.25, -0.2) is 0 Å². The van der Waals surface area contributed by atoms with Gasteiger partial charge in [0, 0.05) is 18.2 Å². The molecule has 2 N–H and O–H groups in total. The molecule has 3 fully saturated rings. The van der Waals surface area contributed by atoms with Gasteiger partial charge in [0.05, 0.1) is 0 Å². The summed E-state index contributed by atoms with van der Waals surface area (Å²) in [5.41, 5.74) is 0.962. The minimum Gasteiger partial charge on any atom is -0.351 e. The summed E-state index contributed by atoms with van der Waals surface area (Å²) in [5.74, 6) is -0.272. The van der Waals surface area contributed by atoms with E-state index in [1.807, 2.05) is 31.2 Å². The van der Waals surface area contributed by atoms with Gasteiger partial charge in [-0.3, -0.25) is 19.3 Å². The number of benzene rings is 1. The third-order valence-corrected chi connectivity index (χ3v) is 7.03. The summed E-state index contributed by atoms with van der Waals surface area (Å²) in [4.78, 5) is 41.1. The van der Waals surface area contributed by atoms with Gasteiger partial charge in [-0.15, -0.1) is 0 Å². The van der Waals surface area contributed by atoms with Gasteiger partial charge < -0.3 is 10.6 Å². The lowest BCUT2D eigenvalue weighted by Gasteiger charge is -2.46. The Kier molecular flexibility index (Phi) is 6.11. The molecule has 0 aromatic heterocycles. The lowest BCUT2D eigenvalue weighted by atomic mass is 9.78. The van der Waals surface area contributed by atoms with Crippen LogP contribution < -0.4 is 15.5 Å². The van der Waals surface area contributed by atoms with Crippen molar-refractivity contribution in [3.63, 3.8) is 0 Å². The molecule has 1 heterocycles. The number of rotatable bonds is 5. The predicted molar refractivity (Wildman–Crippen MR) is 116 cm³/mol. The number of aryl methyl sites for hydroxylation is 1. The van der Waals surface area contributed by atoms with Gasteiger partial charge in [-0.05, 0) is 51.2 Å². The van der Waals surface area contributed by atoms with Crippen LogP contribution in [0.3, 0.4) is 0 Å². The number of hydrogen-bond donors (Lipinski definition) is 2. The van der Waals surface area contributed by atoms with E-state index in [-0.39, 0.29) is 23.8 Å². The highest BCUT2D eigenvalue weighted by Gasteiger charge is 2.50. The minimum atomic E-state index is -0.888. The number of hydrogen-bond acceptors (Lipinski definition) is 3. The zero-order chi connectivity index (χ0) is 21.1. The Morgan fingerprint density at radius 1 is 1.00 bits per heavy atom. The van der Waals surface area contributed by atoms with E-state index in [9.17, 15) is 14.4 Å². The second kappa shape index (κ2) is 8.78. The largest absolute Gasteiger partial charge is 0.351 e. The number of nitrogens with one attached hydrogen (secondary N) is 2. The van der Waals surface area contributed by atoms with E-state index in [1.165, 1.54) is 0 Å². The zero-order valence-corrected chi connectivity index (χ0v) is 17.9. The maximum absolute atomic E-state index is 13.8. The molecule has 0 bridgehead atoms. The Morgan fingerprint density at radius 2 is 1.67 bits per heavy atom. The molecule has 2 aliphatic carbocycles. The van der Waals surface area contributed by atoms with Crippen LogP contribution in [-0.2, 0) is 14.4 Å². The number of nitrogens with zero attached hydrogens (tertiary/aromatic N) is 1. The Hall–Kier alpha value is -2.37. The van der Waals surface area contributed by atoms with Crippen LogP contribution >= 0.6 is 0 Å². The highest BCUT2D eigenvalue weighted by molar-refractivity contribution is 6.07. The molecule has 1 aliphatic heterocycles. The standard InChI is InChI=1S/C24H33N3O3/c1-17-9-11-19(12-10-17)27(22(29)20-13-14-21(28)26-20)24(15-5-2-6-16-24)23(30)25-18-7-3-4-8-18/h9-12,18,20H,2-8,13-16H2,1H3,(H,25,30)(H,26,28)/t20-/m1/s1. The van der Waals surface area contributed by atoms with Crippen molar-refractivity contribution in [3.8, 4) is 0 Å². The Bertz CT molecular complexity index is 792. The normalized spacial score (nSPS) is 23.8. The van der Waals surface area contributed by atoms with Crippen LogP contribution in [0, 0.1) is 6.92 Å². The fraction of sp³-hybridized carbons (Fsp3) is 0.625. The van der Waals surface area contributed by atoms with E-state index < -0.39 is 11.6 Å². The number of anilines is 1. The van der Waals surface area contributed by atoms with Gasteiger partial charge in [0.25, 0.3) is 5.91 Å². The lowest BCUT2D eigenvalue weighted by Crippen LogP contribution is -2.65. The average molecular weight is 412 g/mol. The van der Waals surface area contributed by atoms with E-state index in [4.69, 9.17) is 0 Å². The second-order valence-electron chi connectivity index (χ2n) is 9.22. The Labute approximate surface area is 178 Å². The van der Waals surface area contributed by atoms with Gasteiger partial charge in [0.2, 0.25) is 11.8 Å². The summed E-state index contributed by atoms with van der Waals surface area (Å²) in [6.07, 6.45) is 9.40. The molecule has 6 heteroatoms. The fourth-order valence-corrected chi connectivity index (χ4v) is 5.31. The summed E-state index contributed by atoms with van der Waals surface area (Å²) in [7, 11) is 0. The van der Waals surface area contributed by atoms with Crippen LogP contribution in [0.2, 0.25) is 0 Å². The first-order valence-corrected chi connectivity index (χ1v) is 11.5. The summed E-state index contributed by atoms with van der Waals surface area (Å²) in [6.45, 7) is 2.01. The fourth-order valence-electron chi connectivity index (χ4n) is 5.31. The van der Waals surface area contributed by atoms with Crippen LogP contribution in [0.25, 0.3) is 0 Å². The molecule has 4 rings (SSSR count). The third-order valence-electron chi connectivity index (χ3n) is 7.03. The highest BCUT2D eigenvalue weighted by atomic mass is 16.2. The van der Waals surface area contributed by atoms with Gasteiger partial charge in [-0.1, -0.05) is 49.8 Å². The minimum absolute atomic E-state index is 0.0210. The molecule has 0 spiro atoms. The predicted octanol–water partition coefficient (Wildman–Crippen LogP) is 3.37. The van der Waals surface area contributed by atoms with Crippen molar-refractivity contribution in [2.24, 2.45) is 0 Å². The number of amides is 3. The van der Waals surface area contributed by atoms with Crippen molar-refractivity contribution in [1.82, 2.24) is 10.6 Å². The van der Waals surface area contributed by atoms with Crippen LogP contribution in [0.15, 0.2) is 24.3 Å². The Balaban J connectivity index is 1.72. The van der Waals surface area contributed by atoms with Crippen molar-refractivity contribution in [2.45, 2.75) is 95.2 Å². The monoisotopic (exact) mass is 411 g/mol. The van der Waals surface area contributed by atoms with Crippen LogP contribution in [-0.4, -0.2) is 35.3 Å². The summed E-state index contributed by atoms with van der Waals surface area (Å²) in [6, 6.07) is 7.48. The van der Waals surface area contributed by atoms with Crippen LogP contribution in [0.1, 0.15) is 76.2 Å². The SMILES string of the molecule is Cc1ccc(N(C(=O)[C@H]2CCC(=O)N2)C2(C(=O)NC3CCCC3)CCCCC2)cc1. The molecule has 162 valence electrons. The Morgan fingerprint density at radius 3 is 2.27 bits per heavy atom. The first-order valence-electron chi connectivity index (χ1n) is 11.5. The molecular formula is C24H33N3O3. The first-order chi connectivity index (χ1) is 14.5. The molecule has 2 saturated carbocycles. The highest BCUT2D eigenvalue weighted by Crippen LogP contribution is 2.39. The molecule has 6 nitrogen and oxygen atoms in total. The van der Waals surface area contributed by atoms with E-state index in [1.54, 1.807) is 4.90 Å². The van der Waals surface area contributed by atoms with E-state index in [0.29, 0.717) is 25.7 Å². The molecule has 3 aliphatic rings. The van der Waals surface area contributed by atoms with Crippen molar-refractivity contribution < 1.29 is 14.4 Å². The number of carbonyl (C=O) groups is 3. The van der Waals surface area contributed by atoms with Crippen molar-refractivity contribution >= 4 is 23.4 Å².